The molecule has 0 aliphatic heterocycles. The number of aromatic nitrogens is 3. The lowest BCUT2D eigenvalue weighted by Crippen LogP contribution is -2.17. The van der Waals surface area contributed by atoms with E-state index in [0.717, 1.165) is 29.2 Å². The Morgan fingerprint density at radius 3 is 2.68 bits per heavy atom. The highest BCUT2D eigenvalue weighted by Crippen LogP contribution is 2.28. The Hall–Kier alpha value is -2.95. The quantitative estimate of drug-likeness (QED) is 0.597. The van der Waals surface area contributed by atoms with Crippen LogP contribution in [0, 0.1) is 6.92 Å². The van der Waals surface area contributed by atoms with Crippen molar-refractivity contribution in [3.8, 4) is 11.3 Å². The maximum absolute atomic E-state index is 4.78. The SMILES string of the molecule is CCc1cccc(C)c1Nc1cc(-c2cccnc2)nc(NC2CCCC2)n1. The summed E-state index contributed by atoms with van der Waals surface area (Å²) in [6.45, 7) is 4.30. The van der Waals surface area contributed by atoms with E-state index in [1.165, 1.54) is 36.8 Å². The lowest BCUT2D eigenvalue weighted by molar-refractivity contribution is 0.744. The van der Waals surface area contributed by atoms with Crippen molar-refractivity contribution in [2.45, 2.75) is 52.0 Å². The maximum Gasteiger partial charge on any atom is 0.225 e. The molecule has 1 aromatic carbocycles. The van der Waals surface area contributed by atoms with Crippen LogP contribution in [0.5, 0.6) is 0 Å². The number of hydrogen-bond donors (Lipinski definition) is 2. The molecule has 0 spiro atoms. The van der Waals surface area contributed by atoms with Gasteiger partial charge in [0, 0.05) is 35.8 Å². The molecular formula is C23H27N5. The van der Waals surface area contributed by atoms with Gasteiger partial charge in [0.15, 0.2) is 0 Å². The molecule has 3 aromatic rings. The summed E-state index contributed by atoms with van der Waals surface area (Å²) in [5.41, 5.74) is 5.49. The number of nitrogens with zero attached hydrogens (tertiary/aromatic N) is 3. The third-order valence-electron chi connectivity index (χ3n) is 5.36. The van der Waals surface area contributed by atoms with Crippen molar-refractivity contribution in [1.29, 1.82) is 0 Å². The van der Waals surface area contributed by atoms with Gasteiger partial charge in [0.05, 0.1) is 5.69 Å². The average Bonchev–Trinajstić information content (AvgIpc) is 3.23. The number of hydrogen-bond acceptors (Lipinski definition) is 5. The van der Waals surface area contributed by atoms with Gasteiger partial charge in [-0.1, -0.05) is 38.0 Å². The molecule has 0 amide bonds. The Labute approximate surface area is 166 Å². The van der Waals surface area contributed by atoms with Crippen molar-refractivity contribution in [2.24, 2.45) is 0 Å². The number of aryl methyl sites for hydroxylation is 2. The number of pyridine rings is 1. The molecule has 0 bridgehead atoms. The molecule has 2 heterocycles. The minimum absolute atomic E-state index is 0.460. The lowest BCUT2D eigenvalue weighted by Gasteiger charge is -2.17. The van der Waals surface area contributed by atoms with E-state index in [1.807, 2.05) is 24.4 Å². The average molecular weight is 374 g/mol. The van der Waals surface area contributed by atoms with Crippen LogP contribution < -0.4 is 10.6 Å². The molecule has 0 atom stereocenters. The van der Waals surface area contributed by atoms with E-state index in [9.17, 15) is 0 Å². The molecule has 1 saturated carbocycles. The first kappa shape index (κ1) is 18.4. The molecule has 1 aliphatic carbocycles. The van der Waals surface area contributed by atoms with Crippen LogP contribution in [-0.4, -0.2) is 21.0 Å². The van der Waals surface area contributed by atoms with Crippen LogP contribution in [0.4, 0.5) is 17.5 Å². The smallest absolute Gasteiger partial charge is 0.225 e. The van der Waals surface area contributed by atoms with Gasteiger partial charge >= 0.3 is 0 Å². The molecule has 5 nitrogen and oxygen atoms in total. The van der Waals surface area contributed by atoms with Gasteiger partial charge in [-0.25, -0.2) is 4.98 Å². The summed E-state index contributed by atoms with van der Waals surface area (Å²) >= 11 is 0. The minimum Gasteiger partial charge on any atom is -0.351 e. The van der Waals surface area contributed by atoms with Gasteiger partial charge in [0.2, 0.25) is 5.95 Å². The van der Waals surface area contributed by atoms with E-state index < -0.39 is 0 Å². The standard InChI is InChI=1S/C23H27N5/c1-3-17-9-6-8-16(2)22(17)27-21-14-20(18-10-7-13-24-15-18)26-23(28-21)25-19-11-4-5-12-19/h6-10,13-15,19H,3-5,11-12H2,1-2H3,(H2,25,26,27,28). The van der Waals surface area contributed by atoms with Crippen LogP contribution in [0.15, 0.2) is 48.8 Å². The van der Waals surface area contributed by atoms with Crippen LogP contribution in [0.2, 0.25) is 0 Å². The molecule has 0 radical (unpaired) electrons. The fourth-order valence-electron chi connectivity index (χ4n) is 3.82. The first-order valence-corrected chi connectivity index (χ1v) is 10.1. The van der Waals surface area contributed by atoms with Crippen LogP contribution in [-0.2, 0) is 6.42 Å². The molecule has 5 heteroatoms. The maximum atomic E-state index is 4.78. The summed E-state index contributed by atoms with van der Waals surface area (Å²) in [6.07, 6.45) is 9.50. The Morgan fingerprint density at radius 1 is 1.07 bits per heavy atom. The van der Waals surface area contributed by atoms with Gasteiger partial charge in [-0.3, -0.25) is 4.98 Å². The van der Waals surface area contributed by atoms with E-state index in [2.05, 4.69) is 47.7 Å². The van der Waals surface area contributed by atoms with E-state index >= 15 is 0 Å². The van der Waals surface area contributed by atoms with Crippen molar-refractivity contribution in [1.82, 2.24) is 15.0 Å². The minimum atomic E-state index is 0.460. The first-order valence-electron chi connectivity index (χ1n) is 10.1. The third kappa shape index (κ3) is 4.14. The number of anilines is 3. The van der Waals surface area contributed by atoms with Gasteiger partial charge in [-0.05, 0) is 49.4 Å². The lowest BCUT2D eigenvalue weighted by atomic mass is 10.1. The van der Waals surface area contributed by atoms with Gasteiger partial charge in [-0.15, -0.1) is 0 Å². The molecular weight excluding hydrogens is 346 g/mol. The van der Waals surface area contributed by atoms with Crippen LogP contribution in [0.1, 0.15) is 43.7 Å². The summed E-state index contributed by atoms with van der Waals surface area (Å²) in [7, 11) is 0. The zero-order chi connectivity index (χ0) is 19.3. The second-order valence-corrected chi connectivity index (χ2v) is 7.42. The molecule has 4 rings (SSSR count). The zero-order valence-electron chi connectivity index (χ0n) is 16.6. The fraction of sp³-hybridized carbons (Fsp3) is 0.348. The molecule has 28 heavy (non-hydrogen) atoms. The molecule has 0 saturated heterocycles. The van der Waals surface area contributed by atoms with E-state index in [1.54, 1.807) is 6.20 Å². The van der Waals surface area contributed by atoms with Crippen LogP contribution in [0.25, 0.3) is 11.3 Å². The first-order chi connectivity index (χ1) is 13.7. The van der Waals surface area contributed by atoms with Crippen molar-refractivity contribution >= 4 is 17.5 Å². The van der Waals surface area contributed by atoms with Gasteiger partial charge < -0.3 is 10.6 Å². The summed E-state index contributed by atoms with van der Waals surface area (Å²) in [6, 6.07) is 12.8. The second kappa shape index (κ2) is 8.38. The summed E-state index contributed by atoms with van der Waals surface area (Å²) in [5, 5.41) is 7.09. The molecule has 2 N–H and O–H groups in total. The Bertz CT molecular complexity index is 933. The number of rotatable bonds is 6. The highest BCUT2D eigenvalue weighted by atomic mass is 15.2. The monoisotopic (exact) mass is 373 g/mol. The number of para-hydroxylation sites is 1. The Kier molecular flexibility index (Phi) is 5.51. The molecule has 0 unspecified atom stereocenters. The third-order valence-corrected chi connectivity index (χ3v) is 5.36. The van der Waals surface area contributed by atoms with E-state index in [4.69, 9.17) is 9.97 Å². The second-order valence-electron chi connectivity index (χ2n) is 7.42. The van der Waals surface area contributed by atoms with Crippen molar-refractivity contribution in [3.63, 3.8) is 0 Å². The zero-order valence-corrected chi connectivity index (χ0v) is 16.6. The highest BCUT2D eigenvalue weighted by molar-refractivity contribution is 5.70. The van der Waals surface area contributed by atoms with Gasteiger partial charge in [0.25, 0.3) is 0 Å². The van der Waals surface area contributed by atoms with E-state index in [-0.39, 0.29) is 0 Å². The van der Waals surface area contributed by atoms with Gasteiger partial charge in [-0.2, -0.15) is 4.98 Å². The van der Waals surface area contributed by atoms with Gasteiger partial charge in [0.1, 0.15) is 5.82 Å². The van der Waals surface area contributed by atoms with E-state index in [0.29, 0.717) is 12.0 Å². The van der Waals surface area contributed by atoms with Crippen molar-refractivity contribution in [2.75, 3.05) is 10.6 Å². The summed E-state index contributed by atoms with van der Waals surface area (Å²) in [5.74, 6) is 1.49. The summed E-state index contributed by atoms with van der Waals surface area (Å²) < 4.78 is 0. The summed E-state index contributed by atoms with van der Waals surface area (Å²) in [4.78, 5) is 13.8. The highest BCUT2D eigenvalue weighted by Gasteiger charge is 2.17. The topological polar surface area (TPSA) is 62.7 Å². The Balaban J connectivity index is 1.71. The molecule has 1 aliphatic rings. The van der Waals surface area contributed by atoms with Crippen molar-refractivity contribution in [3.05, 3.63) is 59.9 Å². The molecule has 1 fully saturated rings. The number of benzene rings is 1. The van der Waals surface area contributed by atoms with Crippen LogP contribution in [0.3, 0.4) is 0 Å². The van der Waals surface area contributed by atoms with Crippen LogP contribution >= 0.6 is 0 Å². The largest absolute Gasteiger partial charge is 0.351 e. The molecule has 2 aromatic heterocycles. The predicted molar refractivity (Wildman–Crippen MR) is 115 cm³/mol. The Morgan fingerprint density at radius 2 is 1.93 bits per heavy atom. The molecule has 144 valence electrons. The fourth-order valence-corrected chi connectivity index (χ4v) is 3.82. The predicted octanol–water partition coefficient (Wildman–Crippen LogP) is 5.51. The van der Waals surface area contributed by atoms with Crippen molar-refractivity contribution < 1.29 is 0 Å². The normalized spacial score (nSPS) is 14.2. The number of nitrogens with one attached hydrogen (secondary N) is 2.